The van der Waals surface area contributed by atoms with E-state index in [4.69, 9.17) is 59.4 Å². The predicted molar refractivity (Wildman–Crippen MR) is 75.9 cm³/mol. The summed E-state index contributed by atoms with van der Waals surface area (Å²) >= 11 is 0. The highest BCUT2D eigenvalue weighted by Crippen LogP contribution is 1.57. The molecule has 0 bridgehead atoms. The van der Waals surface area contributed by atoms with Gasteiger partial charge in [0.15, 0.2) is 0 Å². The molecule has 0 atom stereocenters. The molecule has 0 aliphatic carbocycles. The fourth-order valence-electron chi connectivity index (χ4n) is 0. The van der Waals surface area contributed by atoms with Crippen LogP contribution in [-0.2, 0) is 28.8 Å². The molecule has 0 aliphatic heterocycles. The van der Waals surface area contributed by atoms with Crippen LogP contribution in [-0.4, -0.2) is 66.5 Å². The molecule has 0 radical (unpaired) electrons. The average Bonchev–Trinajstić information content (AvgIpc) is 2.18. The summed E-state index contributed by atoms with van der Waals surface area (Å²) in [4.78, 5) is 54.6. The smallest absolute Gasteiger partial charge is 0.414 e. The molecule has 0 aromatic rings. The summed E-state index contributed by atoms with van der Waals surface area (Å²) in [6.45, 7) is 0. The van der Waals surface area contributed by atoms with Crippen LogP contribution >= 0.6 is 0 Å². The van der Waals surface area contributed by atoms with Crippen LogP contribution in [0.5, 0.6) is 0 Å². The molecule has 0 rings (SSSR count). The lowest BCUT2D eigenvalue weighted by Gasteiger charge is -1.72. The summed E-state index contributed by atoms with van der Waals surface area (Å²) in [7, 11) is 0. The standard InChI is InChI=1S/3C2H2O4.6H3N/c3*3-1(4)2(5)6;;;;;;/h3*(H,3,4)(H,5,6);6*1H3. The molecule has 24 N–H and O–H groups in total. The van der Waals surface area contributed by atoms with Gasteiger partial charge in [0.2, 0.25) is 0 Å². The van der Waals surface area contributed by atoms with Gasteiger partial charge in [-0.05, 0) is 0 Å². The number of aliphatic carboxylic acids is 6. The first kappa shape index (κ1) is 58.8. The van der Waals surface area contributed by atoms with E-state index in [0.717, 1.165) is 0 Å². The predicted octanol–water partition coefficient (Wildman–Crippen LogP) is -1.56. The SMILES string of the molecule is N.N.N.N.N.N.O=C(O)C(=O)O.O=C(O)C(=O)O.O=C(O)C(=O)O. The lowest BCUT2D eigenvalue weighted by Crippen LogP contribution is -2.09. The van der Waals surface area contributed by atoms with Crippen molar-refractivity contribution in [2.45, 2.75) is 0 Å². The van der Waals surface area contributed by atoms with E-state index in [1.165, 1.54) is 0 Å². The molecule has 0 amide bonds. The third kappa shape index (κ3) is 78.0. The maximum atomic E-state index is 9.10. The largest absolute Gasteiger partial charge is 0.473 e. The van der Waals surface area contributed by atoms with Gasteiger partial charge in [-0.15, -0.1) is 0 Å². The highest BCUT2D eigenvalue weighted by Gasteiger charge is 2.04. The van der Waals surface area contributed by atoms with E-state index in [1.54, 1.807) is 0 Å². The van der Waals surface area contributed by atoms with E-state index in [9.17, 15) is 0 Å². The fourth-order valence-corrected chi connectivity index (χ4v) is 0. The molecule has 0 aliphatic rings. The zero-order chi connectivity index (χ0) is 15.5. The zero-order valence-corrected chi connectivity index (χ0v) is 12.4. The topological polar surface area (TPSA) is 434 Å². The number of hydrogen-bond donors (Lipinski definition) is 12. The van der Waals surface area contributed by atoms with Gasteiger partial charge in [-0.1, -0.05) is 0 Å². The van der Waals surface area contributed by atoms with E-state index >= 15 is 0 Å². The Kier molecular flexibility index (Phi) is 78.0. The Morgan fingerprint density at radius 2 is 0.333 bits per heavy atom. The molecule has 150 valence electrons. The van der Waals surface area contributed by atoms with Crippen molar-refractivity contribution in [1.82, 2.24) is 36.9 Å². The minimum absolute atomic E-state index is 0. The summed E-state index contributed by atoms with van der Waals surface area (Å²) in [6, 6.07) is 0. The van der Waals surface area contributed by atoms with Gasteiger partial charge in [-0.2, -0.15) is 0 Å². The van der Waals surface area contributed by atoms with Crippen molar-refractivity contribution in [3.8, 4) is 0 Å². The van der Waals surface area contributed by atoms with Crippen LogP contribution in [0.25, 0.3) is 0 Å². The second kappa shape index (κ2) is 31.8. The number of rotatable bonds is 0. The zero-order valence-electron chi connectivity index (χ0n) is 12.4. The molecule has 0 fully saturated rings. The highest BCUT2D eigenvalue weighted by molar-refractivity contribution is 6.28. The van der Waals surface area contributed by atoms with Gasteiger partial charge in [-0.25, -0.2) is 28.8 Å². The summed E-state index contributed by atoms with van der Waals surface area (Å²) in [5.41, 5.74) is 0. The second-order valence-electron chi connectivity index (χ2n) is 1.83. The van der Waals surface area contributed by atoms with Crippen molar-refractivity contribution < 1.29 is 59.4 Å². The van der Waals surface area contributed by atoms with Gasteiger partial charge >= 0.3 is 35.8 Å². The van der Waals surface area contributed by atoms with Crippen LogP contribution in [0.1, 0.15) is 0 Å². The summed E-state index contributed by atoms with van der Waals surface area (Å²) in [5.74, 6) is -10.9. The van der Waals surface area contributed by atoms with Crippen molar-refractivity contribution in [3.05, 3.63) is 0 Å². The van der Waals surface area contributed by atoms with Crippen LogP contribution in [0, 0.1) is 0 Å². The van der Waals surface area contributed by atoms with E-state index in [-0.39, 0.29) is 36.9 Å². The monoisotopic (exact) mass is 372 g/mol. The van der Waals surface area contributed by atoms with E-state index in [1.807, 2.05) is 0 Å². The van der Waals surface area contributed by atoms with Crippen molar-refractivity contribution in [2.75, 3.05) is 0 Å². The first-order chi connectivity index (χ1) is 7.93. The molecule has 0 heterocycles. The number of carboxylic acids is 6. The van der Waals surface area contributed by atoms with Gasteiger partial charge < -0.3 is 67.5 Å². The molecule has 0 saturated carbocycles. The van der Waals surface area contributed by atoms with E-state index in [2.05, 4.69) is 0 Å². The molecule has 0 aromatic heterocycles. The summed E-state index contributed by atoms with van der Waals surface area (Å²) in [6.07, 6.45) is 0. The van der Waals surface area contributed by atoms with Gasteiger partial charge in [-0.3, -0.25) is 0 Å². The highest BCUT2D eigenvalue weighted by atomic mass is 16.5. The van der Waals surface area contributed by atoms with Crippen molar-refractivity contribution in [3.63, 3.8) is 0 Å². The summed E-state index contributed by atoms with van der Waals surface area (Å²) < 4.78 is 0. The maximum absolute atomic E-state index is 9.10. The third-order valence-electron chi connectivity index (χ3n) is 0.549. The van der Waals surface area contributed by atoms with Crippen LogP contribution in [0.3, 0.4) is 0 Å². The number of carboxylic acid groups (broad SMARTS) is 6. The Morgan fingerprint density at radius 3 is 0.333 bits per heavy atom. The Morgan fingerprint density at radius 1 is 0.292 bits per heavy atom. The van der Waals surface area contributed by atoms with Gasteiger partial charge in [0.1, 0.15) is 0 Å². The average molecular weight is 372 g/mol. The van der Waals surface area contributed by atoms with Crippen LogP contribution < -0.4 is 36.9 Å². The number of carbonyl (C=O) groups is 6. The van der Waals surface area contributed by atoms with Crippen LogP contribution in [0.15, 0.2) is 0 Å². The summed E-state index contributed by atoms with van der Waals surface area (Å²) in [5, 5.41) is 44.3. The van der Waals surface area contributed by atoms with Crippen LogP contribution in [0.2, 0.25) is 0 Å². The van der Waals surface area contributed by atoms with Gasteiger partial charge in [0.25, 0.3) is 0 Å². The van der Waals surface area contributed by atoms with Crippen molar-refractivity contribution in [1.29, 1.82) is 0 Å². The molecule has 24 heavy (non-hydrogen) atoms. The minimum Gasteiger partial charge on any atom is -0.473 e. The lowest BCUT2D eigenvalue weighted by molar-refractivity contribution is -0.159. The molecule has 0 saturated heterocycles. The molecule has 18 nitrogen and oxygen atoms in total. The quantitative estimate of drug-likeness (QED) is 0.213. The van der Waals surface area contributed by atoms with E-state index in [0.29, 0.717) is 0 Å². The third-order valence-corrected chi connectivity index (χ3v) is 0.549. The first-order valence-electron chi connectivity index (χ1n) is 3.32. The molecule has 0 spiro atoms. The first-order valence-corrected chi connectivity index (χ1v) is 3.32. The minimum atomic E-state index is -1.82. The molecule has 18 heteroatoms. The Labute approximate surface area is 133 Å². The van der Waals surface area contributed by atoms with E-state index < -0.39 is 35.8 Å². The van der Waals surface area contributed by atoms with Crippen LogP contribution in [0.4, 0.5) is 0 Å². The van der Waals surface area contributed by atoms with Crippen molar-refractivity contribution in [2.24, 2.45) is 0 Å². The number of hydrogen-bond acceptors (Lipinski definition) is 12. The molecular formula is C6H24N6O12. The molecular weight excluding hydrogens is 348 g/mol. The lowest BCUT2D eigenvalue weighted by atomic mass is 10.7. The maximum Gasteiger partial charge on any atom is 0.414 e. The normalized spacial score (nSPS) is 5.50. The molecule has 0 unspecified atom stereocenters. The Bertz CT molecular complexity index is 291. The second-order valence-corrected chi connectivity index (χ2v) is 1.83. The van der Waals surface area contributed by atoms with Gasteiger partial charge in [0, 0.05) is 0 Å². The Balaban J connectivity index is -0.0000000179. The fraction of sp³-hybridized carbons (Fsp3) is 0. The molecule has 0 aromatic carbocycles. The van der Waals surface area contributed by atoms with Gasteiger partial charge in [0.05, 0.1) is 0 Å². The van der Waals surface area contributed by atoms with Crippen molar-refractivity contribution >= 4 is 35.8 Å². The Hall–Kier alpha value is -3.42.